The lowest BCUT2D eigenvalue weighted by atomic mass is 9.78. The van der Waals surface area contributed by atoms with Gasteiger partial charge in [-0.3, -0.25) is 9.59 Å². The number of hydrogen-bond acceptors (Lipinski definition) is 6. The number of H-pyrrole nitrogens is 1. The summed E-state index contributed by atoms with van der Waals surface area (Å²) in [5.74, 6) is -1.34. The molecule has 48 heavy (non-hydrogen) atoms. The first kappa shape index (κ1) is 43.8. The van der Waals surface area contributed by atoms with Gasteiger partial charge < -0.3 is 20.9 Å². The van der Waals surface area contributed by atoms with E-state index in [1.807, 2.05) is 34.6 Å². The SMILES string of the molecule is C=C(/C=C\C)C(C)(F)CC1(C(=O)N=C(C)N)OC/C1=N/NC(C)c1ccc(C(F)(F)F)cc1F.CC.CC.Cc1nc(C)c(C)c(=O)[nH]1. The van der Waals surface area contributed by atoms with Crippen molar-refractivity contribution >= 4 is 17.5 Å². The zero-order valence-electron chi connectivity index (χ0n) is 29.6. The number of benzene rings is 1. The molecule has 1 aliphatic rings. The third-order valence-corrected chi connectivity index (χ3v) is 6.86. The molecule has 14 heteroatoms. The van der Waals surface area contributed by atoms with E-state index in [0.717, 1.165) is 17.8 Å². The van der Waals surface area contributed by atoms with E-state index in [9.17, 15) is 27.2 Å². The maximum absolute atomic E-state index is 15.4. The Labute approximate surface area is 279 Å². The van der Waals surface area contributed by atoms with Crippen molar-refractivity contribution in [3.8, 4) is 0 Å². The van der Waals surface area contributed by atoms with Crippen molar-refractivity contribution in [1.82, 2.24) is 15.4 Å². The van der Waals surface area contributed by atoms with Crippen LogP contribution in [0.2, 0.25) is 0 Å². The second-order valence-electron chi connectivity index (χ2n) is 10.6. The lowest BCUT2D eigenvalue weighted by molar-refractivity contribution is -0.144. The highest BCUT2D eigenvalue weighted by Gasteiger charge is 2.56. The number of amides is 1. The second kappa shape index (κ2) is 19.0. The molecule has 1 amide bonds. The van der Waals surface area contributed by atoms with Crippen LogP contribution in [-0.4, -0.2) is 45.3 Å². The van der Waals surface area contributed by atoms with Crippen molar-refractivity contribution in [3.05, 3.63) is 86.9 Å². The monoisotopic (exact) mass is 684 g/mol. The second-order valence-corrected chi connectivity index (χ2v) is 10.6. The highest BCUT2D eigenvalue weighted by Crippen LogP contribution is 2.39. The van der Waals surface area contributed by atoms with Crippen LogP contribution >= 0.6 is 0 Å². The highest BCUT2D eigenvalue weighted by atomic mass is 19.4. The molecule has 2 aromatic rings. The van der Waals surface area contributed by atoms with E-state index in [2.05, 4.69) is 32.1 Å². The molecule has 9 nitrogen and oxygen atoms in total. The fourth-order valence-electron chi connectivity index (χ4n) is 4.14. The van der Waals surface area contributed by atoms with E-state index >= 15 is 4.39 Å². The molecule has 0 saturated carbocycles. The molecular weight excluding hydrogens is 635 g/mol. The summed E-state index contributed by atoms with van der Waals surface area (Å²) in [6.07, 6.45) is -2.13. The molecule has 1 saturated heterocycles. The molecule has 1 aliphatic heterocycles. The molecule has 0 spiro atoms. The number of aliphatic imine (C=N–C) groups is 1. The predicted octanol–water partition coefficient (Wildman–Crippen LogP) is 7.52. The molecule has 0 bridgehead atoms. The molecule has 2 heterocycles. The molecule has 1 fully saturated rings. The molecule has 0 radical (unpaired) electrons. The van der Waals surface area contributed by atoms with Crippen molar-refractivity contribution in [2.75, 3.05) is 6.61 Å². The Morgan fingerprint density at radius 3 is 2.23 bits per heavy atom. The fraction of sp³-hybridized carbons (Fsp3) is 0.500. The molecule has 1 aromatic carbocycles. The van der Waals surface area contributed by atoms with E-state index in [1.165, 1.54) is 26.8 Å². The van der Waals surface area contributed by atoms with Crippen molar-refractivity contribution in [2.45, 2.75) is 106 Å². The average Bonchev–Trinajstić information content (AvgIpc) is 2.99. The standard InChI is InChI=1S/C23H27F5N4O2.C7H10N2O.2C2H6/c1-6-7-13(2)21(5,25)12-22(20(33)30-15(4)29)19(11-34-22)32-31-14(3)17-9-8-16(10-18(17)24)23(26,27)28;1-4-5(2)8-6(3)9-7(4)10;2*1-2/h6-10,14,31H,2,11-12H2,1,3-5H3,(H2,29,30,33);1-3H3,(H,8,9,10);2*1-2H3/b7-6-,32-19-;;;. The van der Waals surface area contributed by atoms with Crippen LogP contribution < -0.4 is 16.7 Å². The van der Waals surface area contributed by atoms with E-state index < -0.39 is 47.2 Å². The Hall–Kier alpha value is -4.20. The predicted molar refractivity (Wildman–Crippen MR) is 181 cm³/mol. The van der Waals surface area contributed by atoms with Gasteiger partial charge in [-0.05, 0) is 66.2 Å². The number of allylic oxidation sites excluding steroid dienone is 3. The zero-order chi connectivity index (χ0) is 37.6. The van der Waals surface area contributed by atoms with Gasteiger partial charge in [0.1, 0.15) is 23.0 Å². The normalized spacial score (nSPS) is 18.5. The number of hydrogen-bond donors (Lipinski definition) is 3. The number of nitrogens with two attached hydrogens (primary N) is 1. The van der Waals surface area contributed by atoms with Crippen LogP contribution in [-0.2, 0) is 15.7 Å². The van der Waals surface area contributed by atoms with Gasteiger partial charge in [-0.25, -0.2) is 13.8 Å². The summed E-state index contributed by atoms with van der Waals surface area (Å²) < 4.78 is 73.6. The van der Waals surface area contributed by atoms with Crippen LogP contribution in [0.25, 0.3) is 0 Å². The van der Waals surface area contributed by atoms with Crippen LogP contribution in [0.1, 0.15) is 96.1 Å². The number of carbonyl (C=O) groups excluding carboxylic acids is 1. The number of carbonyl (C=O) groups is 1. The van der Waals surface area contributed by atoms with Gasteiger partial charge in [-0.2, -0.15) is 23.3 Å². The minimum absolute atomic E-state index is 0.0370. The number of aromatic nitrogens is 2. The number of halogens is 5. The average molecular weight is 685 g/mol. The zero-order valence-corrected chi connectivity index (χ0v) is 29.6. The minimum atomic E-state index is -4.68. The summed E-state index contributed by atoms with van der Waals surface area (Å²) in [7, 11) is 0. The third-order valence-electron chi connectivity index (χ3n) is 6.86. The first-order valence-electron chi connectivity index (χ1n) is 15.5. The first-order chi connectivity index (χ1) is 22.2. The number of aromatic amines is 1. The van der Waals surface area contributed by atoms with E-state index in [0.29, 0.717) is 17.5 Å². The smallest absolute Gasteiger partial charge is 0.387 e. The maximum Gasteiger partial charge on any atom is 0.416 e. The number of hydrazone groups is 1. The molecular formula is C34H49F5N6O3. The third kappa shape index (κ3) is 11.8. The summed E-state index contributed by atoms with van der Waals surface area (Å²) in [6.45, 7) is 22.7. The van der Waals surface area contributed by atoms with Gasteiger partial charge in [0.25, 0.3) is 11.5 Å². The highest BCUT2D eigenvalue weighted by molar-refractivity contribution is 6.18. The molecule has 0 aliphatic carbocycles. The Bertz CT molecular complexity index is 1540. The number of ether oxygens (including phenoxy) is 1. The number of amidine groups is 1. The van der Waals surface area contributed by atoms with E-state index in [1.54, 1.807) is 26.8 Å². The van der Waals surface area contributed by atoms with Crippen molar-refractivity contribution in [3.63, 3.8) is 0 Å². The van der Waals surface area contributed by atoms with E-state index in [-0.39, 0.29) is 34.9 Å². The number of aryl methyl sites for hydroxylation is 2. The number of rotatable bonds is 8. The Morgan fingerprint density at radius 2 is 1.79 bits per heavy atom. The van der Waals surface area contributed by atoms with Crippen LogP contribution in [0, 0.1) is 26.6 Å². The fourth-order valence-corrected chi connectivity index (χ4v) is 4.14. The molecule has 1 aromatic heterocycles. The molecule has 3 atom stereocenters. The van der Waals surface area contributed by atoms with Gasteiger partial charge in [0.2, 0.25) is 0 Å². The first-order valence-corrected chi connectivity index (χ1v) is 15.5. The lowest BCUT2D eigenvalue weighted by Crippen LogP contribution is -2.63. The summed E-state index contributed by atoms with van der Waals surface area (Å²) in [4.78, 5) is 34.2. The van der Waals surface area contributed by atoms with Crippen LogP contribution in [0.3, 0.4) is 0 Å². The number of nitrogens with zero attached hydrogens (tertiary/aromatic N) is 3. The van der Waals surface area contributed by atoms with Gasteiger partial charge in [0, 0.05) is 23.2 Å². The van der Waals surface area contributed by atoms with E-state index in [4.69, 9.17) is 10.5 Å². The van der Waals surface area contributed by atoms with Crippen LogP contribution in [0.15, 0.2) is 57.4 Å². The Morgan fingerprint density at radius 1 is 1.21 bits per heavy atom. The summed E-state index contributed by atoms with van der Waals surface area (Å²) in [5, 5.41) is 4.10. The van der Waals surface area contributed by atoms with Gasteiger partial charge in [0.15, 0.2) is 5.60 Å². The number of nitrogens with one attached hydrogen (secondary N) is 2. The minimum Gasteiger partial charge on any atom is -0.387 e. The quantitative estimate of drug-likeness (QED) is 0.0866. The lowest BCUT2D eigenvalue weighted by Gasteiger charge is -2.43. The Balaban J connectivity index is 0.00000132. The van der Waals surface area contributed by atoms with Crippen molar-refractivity contribution < 1.29 is 31.5 Å². The maximum atomic E-state index is 15.4. The van der Waals surface area contributed by atoms with Gasteiger partial charge >= 0.3 is 6.18 Å². The van der Waals surface area contributed by atoms with Crippen LogP contribution in [0.5, 0.6) is 0 Å². The number of alkyl halides is 4. The molecule has 4 N–H and O–H groups in total. The summed E-state index contributed by atoms with van der Waals surface area (Å²) in [6, 6.07) is 1.26. The van der Waals surface area contributed by atoms with Crippen molar-refractivity contribution in [1.29, 1.82) is 0 Å². The molecule has 3 unspecified atom stereocenters. The van der Waals surface area contributed by atoms with Gasteiger partial charge in [0.05, 0.1) is 24.0 Å². The molecule has 268 valence electrons. The topological polar surface area (TPSA) is 135 Å². The summed E-state index contributed by atoms with van der Waals surface area (Å²) in [5.41, 5.74) is 4.61. The van der Waals surface area contributed by atoms with Gasteiger partial charge in [-0.15, -0.1) is 0 Å². The Kier molecular flexibility index (Phi) is 17.3. The van der Waals surface area contributed by atoms with Crippen molar-refractivity contribution in [2.24, 2.45) is 15.8 Å². The summed E-state index contributed by atoms with van der Waals surface area (Å²) >= 11 is 0. The van der Waals surface area contributed by atoms with Crippen LogP contribution in [0.4, 0.5) is 22.0 Å². The molecule has 3 rings (SSSR count). The van der Waals surface area contributed by atoms with Gasteiger partial charge in [-0.1, -0.05) is 52.5 Å². The largest absolute Gasteiger partial charge is 0.416 e.